The van der Waals surface area contributed by atoms with Crippen LogP contribution in [0.4, 0.5) is 0 Å². The van der Waals surface area contributed by atoms with Gasteiger partial charge in [0.2, 0.25) is 0 Å². The molecule has 1 fully saturated rings. The average molecular weight is 244 g/mol. The molecule has 98 valence electrons. The molecule has 0 bridgehead atoms. The van der Waals surface area contributed by atoms with Gasteiger partial charge >= 0.3 is 0 Å². The second kappa shape index (κ2) is 7.38. The minimum absolute atomic E-state index is 0.423. The van der Waals surface area contributed by atoms with Gasteiger partial charge < -0.3 is 4.74 Å². The molecule has 0 amide bonds. The Balaban J connectivity index is 1.76. The lowest BCUT2D eigenvalue weighted by atomic mass is 9.87. The van der Waals surface area contributed by atoms with Crippen molar-refractivity contribution in [1.82, 2.24) is 0 Å². The SMILES string of the molecule is C=CCC1OCCCC1CCCc1ccccc1. The van der Waals surface area contributed by atoms with E-state index in [0.717, 1.165) is 18.9 Å². The third-order valence-electron chi connectivity index (χ3n) is 3.86. The third kappa shape index (κ3) is 3.99. The van der Waals surface area contributed by atoms with Crippen molar-refractivity contribution in [2.24, 2.45) is 5.92 Å². The zero-order valence-corrected chi connectivity index (χ0v) is 11.2. The van der Waals surface area contributed by atoms with E-state index in [-0.39, 0.29) is 0 Å². The van der Waals surface area contributed by atoms with Crippen molar-refractivity contribution >= 4 is 0 Å². The van der Waals surface area contributed by atoms with E-state index < -0.39 is 0 Å². The van der Waals surface area contributed by atoms with Gasteiger partial charge in [-0.1, -0.05) is 36.4 Å². The molecule has 1 saturated heterocycles. The van der Waals surface area contributed by atoms with Gasteiger partial charge in [-0.15, -0.1) is 6.58 Å². The van der Waals surface area contributed by atoms with Crippen LogP contribution in [0, 0.1) is 5.92 Å². The maximum absolute atomic E-state index is 5.86. The topological polar surface area (TPSA) is 9.23 Å². The monoisotopic (exact) mass is 244 g/mol. The van der Waals surface area contributed by atoms with Crippen LogP contribution in [0.25, 0.3) is 0 Å². The maximum atomic E-state index is 5.86. The molecule has 0 radical (unpaired) electrons. The third-order valence-corrected chi connectivity index (χ3v) is 3.86. The van der Waals surface area contributed by atoms with Gasteiger partial charge in [0, 0.05) is 6.61 Å². The van der Waals surface area contributed by atoms with Gasteiger partial charge in [0.25, 0.3) is 0 Å². The predicted octanol–water partition coefficient (Wildman–Crippen LogP) is 4.38. The minimum atomic E-state index is 0.423. The Morgan fingerprint density at radius 1 is 1.28 bits per heavy atom. The van der Waals surface area contributed by atoms with Crippen LogP contribution in [0.2, 0.25) is 0 Å². The van der Waals surface area contributed by atoms with E-state index in [1.807, 2.05) is 6.08 Å². The molecule has 1 heterocycles. The zero-order valence-electron chi connectivity index (χ0n) is 11.2. The molecule has 18 heavy (non-hydrogen) atoms. The molecule has 1 heteroatoms. The van der Waals surface area contributed by atoms with Crippen LogP contribution >= 0.6 is 0 Å². The summed E-state index contributed by atoms with van der Waals surface area (Å²) in [4.78, 5) is 0. The van der Waals surface area contributed by atoms with Crippen molar-refractivity contribution < 1.29 is 4.74 Å². The summed E-state index contributed by atoms with van der Waals surface area (Å²) in [7, 11) is 0. The minimum Gasteiger partial charge on any atom is -0.378 e. The van der Waals surface area contributed by atoms with Crippen LogP contribution in [0.1, 0.15) is 37.7 Å². The van der Waals surface area contributed by atoms with E-state index >= 15 is 0 Å². The summed E-state index contributed by atoms with van der Waals surface area (Å²) < 4.78 is 5.86. The van der Waals surface area contributed by atoms with Crippen molar-refractivity contribution in [3.63, 3.8) is 0 Å². The summed E-state index contributed by atoms with van der Waals surface area (Å²) in [6.07, 6.45) is 9.73. The molecule has 0 N–H and O–H groups in total. The highest BCUT2D eigenvalue weighted by atomic mass is 16.5. The normalized spacial score (nSPS) is 23.8. The molecular formula is C17H24O. The number of hydrogen-bond donors (Lipinski definition) is 0. The molecule has 0 saturated carbocycles. The highest BCUT2D eigenvalue weighted by Gasteiger charge is 2.24. The fourth-order valence-corrected chi connectivity index (χ4v) is 2.87. The lowest BCUT2D eigenvalue weighted by Gasteiger charge is -2.31. The smallest absolute Gasteiger partial charge is 0.0637 e. The van der Waals surface area contributed by atoms with Crippen LogP contribution in [0.3, 0.4) is 0 Å². The lowest BCUT2D eigenvalue weighted by molar-refractivity contribution is -0.0271. The molecule has 0 aromatic heterocycles. The van der Waals surface area contributed by atoms with Crippen LogP contribution in [-0.2, 0) is 11.2 Å². The Morgan fingerprint density at radius 3 is 2.89 bits per heavy atom. The van der Waals surface area contributed by atoms with E-state index in [9.17, 15) is 0 Å². The van der Waals surface area contributed by atoms with E-state index in [1.165, 1.54) is 37.7 Å². The Bertz CT molecular complexity index is 344. The molecule has 1 aromatic rings. The fourth-order valence-electron chi connectivity index (χ4n) is 2.87. The molecule has 0 aliphatic carbocycles. The summed E-state index contributed by atoms with van der Waals surface area (Å²) >= 11 is 0. The zero-order chi connectivity index (χ0) is 12.6. The van der Waals surface area contributed by atoms with Gasteiger partial charge in [0.15, 0.2) is 0 Å². The first kappa shape index (κ1) is 13.4. The fraction of sp³-hybridized carbons (Fsp3) is 0.529. The number of aryl methyl sites for hydroxylation is 1. The lowest BCUT2D eigenvalue weighted by Crippen LogP contribution is -2.29. The van der Waals surface area contributed by atoms with Gasteiger partial charge in [-0.05, 0) is 50.0 Å². The van der Waals surface area contributed by atoms with Crippen molar-refractivity contribution in [2.75, 3.05) is 6.61 Å². The van der Waals surface area contributed by atoms with Crippen molar-refractivity contribution in [3.8, 4) is 0 Å². The first-order chi connectivity index (χ1) is 8.90. The molecule has 2 unspecified atom stereocenters. The van der Waals surface area contributed by atoms with Gasteiger partial charge in [0.05, 0.1) is 6.10 Å². The number of benzene rings is 1. The van der Waals surface area contributed by atoms with E-state index in [4.69, 9.17) is 4.74 Å². The predicted molar refractivity (Wildman–Crippen MR) is 76.7 cm³/mol. The molecular weight excluding hydrogens is 220 g/mol. The Kier molecular flexibility index (Phi) is 5.47. The van der Waals surface area contributed by atoms with Crippen LogP contribution in [-0.4, -0.2) is 12.7 Å². The largest absolute Gasteiger partial charge is 0.378 e. The summed E-state index contributed by atoms with van der Waals surface area (Å²) in [6.45, 7) is 4.78. The van der Waals surface area contributed by atoms with E-state index in [0.29, 0.717) is 6.10 Å². The maximum Gasteiger partial charge on any atom is 0.0637 e. The van der Waals surface area contributed by atoms with E-state index in [1.54, 1.807) is 0 Å². The Morgan fingerprint density at radius 2 is 2.11 bits per heavy atom. The molecule has 1 aliphatic rings. The second-order valence-corrected chi connectivity index (χ2v) is 5.21. The molecule has 0 spiro atoms. The summed E-state index contributed by atoms with van der Waals surface area (Å²) in [6, 6.07) is 10.8. The van der Waals surface area contributed by atoms with Gasteiger partial charge in [-0.25, -0.2) is 0 Å². The quantitative estimate of drug-likeness (QED) is 0.675. The van der Waals surface area contributed by atoms with Gasteiger partial charge in [-0.3, -0.25) is 0 Å². The van der Waals surface area contributed by atoms with Crippen molar-refractivity contribution in [3.05, 3.63) is 48.6 Å². The first-order valence-electron chi connectivity index (χ1n) is 7.16. The van der Waals surface area contributed by atoms with Crippen LogP contribution in [0.5, 0.6) is 0 Å². The van der Waals surface area contributed by atoms with Gasteiger partial charge in [-0.2, -0.15) is 0 Å². The molecule has 2 rings (SSSR count). The second-order valence-electron chi connectivity index (χ2n) is 5.21. The highest BCUT2D eigenvalue weighted by molar-refractivity contribution is 5.14. The highest BCUT2D eigenvalue weighted by Crippen LogP contribution is 2.28. The number of ether oxygens (including phenoxy) is 1. The summed E-state index contributed by atoms with van der Waals surface area (Å²) in [5, 5.41) is 0. The molecule has 1 aliphatic heterocycles. The summed E-state index contributed by atoms with van der Waals surface area (Å²) in [5.41, 5.74) is 1.45. The standard InChI is InChI=1S/C17H24O/c1-2-8-17-16(13-7-14-18-17)12-6-11-15-9-4-3-5-10-15/h2-5,9-10,16-17H,1,6-8,11-14H2. The van der Waals surface area contributed by atoms with E-state index in [2.05, 4.69) is 36.9 Å². The van der Waals surface area contributed by atoms with Crippen LogP contribution in [0.15, 0.2) is 43.0 Å². The number of rotatable bonds is 6. The van der Waals surface area contributed by atoms with Crippen molar-refractivity contribution in [2.45, 2.75) is 44.6 Å². The Hall–Kier alpha value is -1.08. The van der Waals surface area contributed by atoms with Crippen LogP contribution < -0.4 is 0 Å². The molecule has 1 nitrogen and oxygen atoms in total. The Labute approximate surface area is 111 Å². The number of hydrogen-bond acceptors (Lipinski definition) is 1. The van der Waals surface area contributed by atoms with Crippen molar-refractivity contribution in [1.29, 1.82) is 0 Å². The average Bonchev–Trinajstić information content (AvgIpc) is 2.42. The van der Waals surface area contributed by atoms with Gasteiger partial charge in [0.1, 0.15) is 0 Å². The first-order valence-corrected chi connectivity index (χ1v) is 7.16. The molecule has 2 atom stereocenters. The molecule has 1 aromatic carbocycles. The summed E-state index contributed by atoms with van der Waals surface area (Å²) in [5.74, 6) is 0.737.